The van der Waals surface area contributed by atoms with Gasteiger partial charge in [-0.1, -0.05) is 6.07 Å². The van der Waals surface area contributed by atoms with E-state index in [0.717, 1.165) is 12.1 Å². The van der Waals surface area contributed by atoms with Crippen LogP contribution >= 0.6 is 0 Å². The molecule has 102 valence electrons. The Morgan fingerprint density at radius 2 is 1.90 bits per heavy atom. The Labute approximate surface area is 113 Å². The Kier molecular flexibility index (Phi) is 4.17. The highest BCUT2D eigenvalue weighted by Gasteiger charge is 2.18. The average molecular weight is 276 g/mol. The maximum atomic E-state index is 13.5. The summed E-state index contributed by atoms with van der Waals surface area (Å²) in [7, 11) is 0. The average Bonchev–Trinajstić information content (AvgIpc) is 2.45. The fourth-order valence-corrected chi connectivity index (χ4v) is 1.67. The molecule has 0 aliphatic rings. The van der Waals surface area contributed by atoms with E-state index in [0.29, 0.717) is 0 Å². The maximum Gasteiger partial charge on any atom is 0.182 e. The minimum atomic E-state index is -1.41. The monoisotopic (exact) mass is 276 g/mol. The van der Waals surface area contributed by atoms with E-state index in [4.69, 9.17) is 5.26 Å². The molecule has 7 heteroatoms. The van der Waals surface area contributed by atoms with Crippen LogP contribution in [-0.4, -0.2) is 21.6 Å². The van der Waals surface area contributed by atoms with Gasteiger partial charge in [-0.2, -0.15) is 5.26 Å². The molecule has 0 bridgehead atoms. The van der Waals surface area contributed by atoms with Gasteiger partial charge in [0.1, 0.15) is 23.8 Å². The standard InChI is InChI=1S/C13H10F2N4O/c14-8-2-1-3-9(15)12(8)11(20)7-19-13-10(6-16)17-4-5-18-13/h1-5,11,20H,7H2,(H,18,19). The summed E-state index contributed by atoms with van der Waals surface area (Å²) >= 11 is 0. The molecule has 0 fully saturated rings. The third-order valence-electron chi connectivity index (χ3n) is 2.60. The van der Waals surface area contributed by atoms with Crippen LogP contribution in [0.5, 0.6) is 0 Å². The quantitative estimate of drug-likeness (QED) is 0.889. The van der Waals surface area contributed by atoms with Crippen molar-refractivity contribution >= 4 is 5.82 Å². The zero-order chi connectivity index (χ0) is 14.5. The van der Waals surface area contributed by atoms with Gasteiger partial charge < -0.3 is 10.4 Å². The summed E-state index contributed by atoms with van der Waals surface area (Å²) < 4.78 is 26.9. The van der Waals surface area contributed by atoms with Crippen molar-refractivity contribution in [3.63, 3.8) is 0 Å². The lowest BCUT2D eigenvalue weighted by atomic mass is 10.1. The molecule has 20 heavy (non-hydrogen) atoms. The lowest BCUT2D eigenvalue weighted by Gasteiger charge is -2.14. The van der Waals surface area contributed by atoms with Gasteiger partial charge in [-0.05, 0) is 12.1 Å². The van der Waals surface area contributed by atoms with Gasteiger partial charge in [-0.25, -0.2) is 18.7 Å². The number of halogens is 2. The van der Waals surface area contributed by atoms with E-state index in [1.165, 1.54) is 18.5 Å². The number of aliphatic hydroxyl groups is 1. The molecule has 0 amide bonds. The third kappa shape index (κ3) is 2.87. The van der Waals surface area contributed by atoms with Crippen LogP contribution < -0.4 is 5.32 Å². The second kappa shape index (κ2) is 6.04. The fraction of sp³-hybridized carbons (Fsp3) is 0.154. The van der Waals surface area contributed by atoms with Crippen LogP contribution in [0.4, 0.5) is 14.6 Å². The summed E-state index contributed by atoms with van der Waals surface area (Å²) in [4.78, 5) is 7.63. The number of anilines is 1. The Morgan fingerprint density at radius 1 is 1.25 bits per heavy atom. The predicted octanol–water partition coefficient (Wildman–Crippen LogP) is 1.77. The number of hydrogen-bond acceptors (Lipinski definition) is 5. The minimum Gasteiger partial charge on any atom is -0.386 e. The first-order valence-corrected chi connectivity index (χ1v) is 5.70. The molecule has 2 rings (SSSR count). The highest BCUT2D eigenvalue weighted by molar-refractivity contribution is 5.46. The SMILES string of the molecule is N#Cc1nccnc1NCC(O)c1c(F)cccc1F. The largest absolute Gasteiger partial charge is 0.386 e. The van der Waals surface area contributed by atoms with E-state index in [2.05, 4.69) is 15.3 Å². The van der Waals surface area contributed by atoms with E-state index in [1.54, 1.807) is 0 Å². The normalized spacial score (nSPS) is 11.7. The second-order valence-corrected chi connectivity index (χ2v) is 3.90. The third-order valence-corrected chi connectivity index (χ3v) is 2.60. The van der Waals surface area contributed by atoms with Gasteiger partial charge >= 0.3 is 0 Å². The first-order valence-electron chi connectivity index (χ1n) is 5.70. The Balaban J connectivity index is 2.13. The van der Waals surface area contributed by atoms with Gasteiger partial charge in [0.05, 0.1) is 5.56 Å². The molecule has 5 nitrogen and oxygen atoms in total. The van der Waals surface area contributed by atoms with E-state index < -0.39 is 23.3 Å². The highest BCUT2D eigenvalue weighted by atomic mass is 19.1. The molecule has 0 saturated carbocycles. The van der Waals surface area contributed by atoms with Gasteiger partial charge in [-0.15, -0.1) is 0 Å². The summed E-state index contributed by atoms with van der Waals surface area (Å²) in [5.74, 6) is -1.52. The molecular formula is C13H10F2N4O. The number of nitrogens with zero attached hydrogens (tertiary/aromatic N) is 3. The first-order chi connectivity index (χ1) is 9.63. The van der Waals surface area contributed by atoms with Crippen LogP contribution in [0.2, 0.25) is 0 Å². The summed E-state index contributed by atoms with van der Waals surface area (Å²) in [5, 5.41) is 21.3. The number of aliphatic hydroxyl groups excluding tert-OH is 1. The van der Waals surface area contributed by atoms with Crippen LogP contribution in [0, 0.1) is 23.0 Å². The van der Waals surface area contributed by atoms with Crippen molar-refractivity contribution in [3.8, 4) is 6.07 Å². The summed E-state index contributed by atoms with van der Waals surface area (Å²) in [5.41, 5.74) is -0.392. The number of hydrogen-bond donors (Lipinski definition) is 2. The number of aromatic nitrogens is 2. The number of benzene rings is 1. The Bertz CT molecular complexity index is 637. The van der Waals surface area contributed by atoms with Crippen LogP contribution in [0.3, 0.4) is 0 Å². The van der Waals surface area contributed by atoms with Crippen molar-refractivity contribution in [2.24, 2.45) is 0 Å². The molecule has 1 aromatic carbocycles. The second-order valence-electron chi connectivity index (χ2n) is 3.90. The van der Waals surface area contributed by atoms with E-state index in [9.17, 15) is 13.9 Å². The molecule has 1 heterocycles. The molecule has 0 radical (unpaired) electrons. The molecule has 2 aromatic rings. The summed E-state index contributed by atoms with van der Waals surface area (Å²) in [6.45, 7) is -0.203. The molecule has 0 saturated heterocycles. The van der Waals surface area contributed by atoms with Crippen molar-refractivity contribution in [2.75, 3.05) is 11.9 Å². The summed E-state index contributed by atoms with van der Waals surface area (Å²) in [6.07, 6.45) is 1.29. The summed E-state index contributed by atoms with van der Waals surface area (Å²) in [6, 6.07) is 5.15. The van der Waals surface area contributed by atoms with Gasteiger partial charge in [0, 0.05) is 18.9 Å². The van der Waals surface area contributed by atoms with Crippen molar-refractivity contribution in [2.45, 2.75) is 6.10 Å². The van der Waals surface area contributed by atoms with Gasteiger partial charge in [0.25, 0.3) is 0 Å². The van der Waals surface area contributed by atoms with Gasteiger partial charge in [-0.3, -0.25) is 0 Å². The van der Waals surface area contributed by atoms with Crippen LogP contribution in [0.1, 0.15) is 17.4 Å². The molecule has 0 aliphatic carbocycles. The highest BCUT2D eigenvalue weighted by Crippen LogP contribution is 2.21. The molecule has 0 spiro atoms. The Hall–Kier alpha value is -2.59. The zero-order valence-corrected chi connectivity index (χ0v) is 10.2. The lowest BCUT2D eigenvalue weighted by Crippen LogP contribution is -2.16. The number of nitriles is 1. The molecule has 0 aliphatic heterocycles. The van der Waals surface area contributed by atoms with Crippen molar-refractivity contribution < 1.29 is 13.9 Å². The molecule has 2 N–H and O–H groups in total. The fourth-order valence-electron chi connectivity index (χ4n) is 1.67. The molecule has 1 atom stereocenters. The molecule has 1 unspecified atom stereocenters. The molecule has 1 aromatic heterocycles. The topological polar surface area (TPSA) is 81.8 Å². The Morgan fingerprint density at radius 3 is 2.55 bits per heavy atom. The lowest BCUT2D eigenvalue weighted by molar-refractivity contribution is 0.181. The zero-order valence-electron chi connectivity index (χ0n) is 10.2. The first kappa shape index (κ1) is 13.8. The molecular weight excluding hydrogens is 266 g/mol. The minimum absolute atomic E-state index is 0.0358. The number of rotatable bonds is 4. The van der Waals surface area contributed by atoms with Crippen LogP contribution in [0.15, 0.2) is 30.6 Å². The van der Waals surface area contributed by atoms with Crippen LogP contribution in [-0.2, 0) is 0 Å². The van der Waals surface area contributed by atoms with Crippen molar-refractivity contribution in [1.82, 2.24) is 9.97 Å². The van der Waals surface area contributed by atoms with Crippen LogP contribution in [0.25, 0.3) is 0 Å². The van der Waals surface area contributed by atoms with E-state index in [1.807, 2.05) is 6.07 Å². The van der Waals surface area contributed by atoms with Gasteiger partial charge in [0.15, 0.2) is 11.5 Å². The number of nitrogens with one attached hydrogen (secondary N) is 1. The van der Waals surface area contributed by atoms with Crippen molar-refractivity contribution in [1.29, 1.82) is 5.26 Å². The van der Waals surface area contributed by atoms with Crippen molar-refractivity contribution in [3.05, 3.63) is 53.5 Å². The van der Waals surface area contributed by atoms with E-state index >= 15 is 0 Å². The maximum absolute atomic E-state index is 13.5. The smallest absolute Gasteiger partial charge is 0.182 e. The van der Waals surface area contributed by atoms with Gasteiger partial charge in [0.2, 0.25) is 0 Å². The predicted molar refractivity (Wildman–Crippen MR) is 66.6 cm³/mol. The van der Waals surface area contributed by atoms with E-state index in [-0.39, 0.29) is 18.1 Å².